The van der Waals surface area contributed by atoms with Gasteiger partial charge in [-0.05, 0) is 43.9 Å². The van der Waals surface area contributed by atoms with Gasteiger partial charge in [0.1, 0.15) is 0 Å². The highest BCUT2D eigenvalue weighted by Gasteiger charge is 2.51. The van der Waals surface area contributed by atoms with Crippen molar-refractivity contribution in [3.8, 4) is 0 Å². The molecule has 3 aliphatic heterocycles. The highest BCUT2D eigenvalue weighted by molar-refractivity contribution is 5.68. The van der Waals surface area contributed by atoms with Crippen molar-refractivity contribution in [2.45, 2.75) is 50.6 Å². The zero-order valence-electron chi connectivity index (χ0n) is 14.2. The summed E-state index contributed by atoms with van der Waals surface area (Å²) in [5.74, 6) is 0. The summed E-state index contributed by atoms with van der Waals surface area (Å²) in [5.41, 5.74) is 0.247. The van der Waals surface area contributed by atoms with Gasteiger partial charge < -0.3 is 24.5 Å². The van der Waals surface area contributed by atoms with E-state index in [0.29, 0.717) is 25.2 Å². The van der Waals surface area contributed by atoms with Crippen molar-refractivity contribution in [1.29, 1.82) is 0 Å². The fourth-order valence-corrected chi connectivity index (χ4v) is 5.09. The molecular formula is C17H27N3O4. The number of rotatable bonds is 2. The highest BCUT2D eigenvalue weighted by Crippen LogP contribution is 2.50. The first kappa shape index (κ1) is 16.0. The van der Waals surface area contributed by atoms with Crippen LogP contribution in [0.1, 0.15) is 38.5 Å². The first-order valence-electron chi connectivity index (χ1n) is 9.22. The Hall–Kier alpha value is -1.50. The highest BCUT2D eigenvalue weighted by atomic mass is 16.6. The van der Waals surface area contributed by atoms with Crippen molar-refractivity contribution < 1.29 is 19.4 Å². The zero-order valence-corrected chi connectivity index (χ0v) is 14.2. The normalized spacial score (nSPS) is 35.2. The first-order chi connectivity index (χ1) is 11.6. The fourth-order valence-electron chi connectivity index (χ4n) is 5.09. The molecule has 0 aromatic carbocycles. The molecule has 0 aromatic rings. The lowest BCUT2D eigenvalue weighted by Gasteiger charge is -2.52. The monoisotopic (exact) mass is 337 g/mol. The van der Waals surface area contributed by atoms with Crippen LogP contribution in [0.25, 0.3) is 0 Å². The van der Waals surface area contributed by atoms with Crippen molar-refractivity contribution in [2.75, 3.05) is 39.3 Å². The van der Waals surface area contributed by atoms with Crippen molar-refractivity contribution in [2.24, 2.45) is 5.41 Å². The van der Waals surface area contributed by atoms with Gasteiger partial charge in [0.2, 0.25) is 0 Å². The third kappa shape index (κ3) is 2.83. The molecule has 0 bridgehead atoms. The summed E-state index contributed by atoms with van der Waals surface area (Å²) < 4.78 is 5.16. The van der Waals surface area contributed by atoms with E-state index < -0.39 is 6.09 Å². The van der Waals surface area contributed by atoms with E-state index in [1.807, 2.05) is 4.90 Å². The van der Waals surface area contributed by atoms with Gasteiger partial charge in [0.05, 0.1) is 6.61 Å². The van der Waals surface area contributed by atoms with Crippen LogP contribution in [0, 0.1) is 5.41 Å². The third-order valence-electron chi connectivity index (χ3n) is 6.51. The zero-order chi connectivity index (χ0) is 16.7. The Morgan fingerprint density at radius 2 is 1.88 bits per heavy atom. The maximum Gasteiger partial charge on any atom is 0.410 e. The SMILES string of the molecule is O=C(O)N1CCC2(CC(N3CCC(N4CCCOC4=O)CC3)C2)C1. The lowest BCUT2D eigenvalue weighted by Crippen LogP contribution is -2.57. The standard InChI is InChI=1S/C17H27N3O4/c21-15(22)19-8-4-17(12-19)10-14(11-17)18-6-2-13(3-7-18)20-5-1-9-24-16(20)23/h13-14H,1-12H2,(H,21,22). The van der Waals surface area contributed by atoms with E-state index >= 15 is 0 Å². The topological polar surface area (TPSA) is 73.3 Å². The molecule has 1 aliphatic carbocycles. The van der Waals surface area contributed by atoms with Crippen LogP contribution in [0.15, 0.2) is 0 Å². The van der Waals surface area contributed by atoms with Gasteiger partial charge in [0.25, 0.3) is 0 Å². The van der Waals surface area contributed by atoms with Crippen LogP contribution in [0.4, 0.5) is 9.59 Å². The molecule has 1 N–H and O–H groups in total. The van der Waals surface area contributed by atoms with Crippen molar-refractivity contribution in [3.05, 3.63) is 0 Å². The minimum atomic E-state index is -0.774. The molecule has 1 saturated carbocycles. The molecule has 7 heteroatoms. The molecular weight excluding hydrogens is 310 g/mol. The Morgan fingerprint density at radius 3 is 2.50 bits per heavy atom. The average Bonchev–Trinajstić information content (AvgIpc) is 3.00. The van der Waals surface area contributed by atoms with Crippen LogP contribution in [0.3, 0.4) is 0 Å². The van der Waals surface area contributed by atoms with E-state index in [9.17, 15) is 9.59 Å². The van der Waals surface area contributed by atoms with Gasteiger partial charge in [0, 0.05) is 44.8 Å². The van der Waals surface area contributed by atoms with E-state index in [4.69, 9.17) is 9.84 Å². The van der Waals surface area contributed by atoms with Crippen LogP contribution < -0.4 is 0 Å². The molecule has 4 fully saturated rings. The molecule has 0 aromatic heterocycles. The molecule has 3 saturated heterocycles. The second-order valence-electron chi connectivity index (χ2n) is 7.94. The van der Waals surface area contributed by atoms with E-state index in [-0.39, 0.29) is 11.5 Å². The molecule has 134 valence electrons. The molecule has 1 spiro atoms. The summed E-state index contributed by atoms with van der Waals surface area (Å²) >= 11 is 0. The van der Waals surface area contributed by atoms with Crippen LogP contribution >= 0.6 is 0 Å². The van der Waals surface area contributed by atoms with E-state index in [1.165, 1.54) is 0 Å². The second-order valence-corrected chi connectivity index (χ2v) is 7.94. The molecule has 2 amide bonds. The van der Waals surface area contributed by atoms with Crippen LogP contribution in [0.5, 0.6) is 0 Å². The molecule has 7 nitrogen and oxygen atoms in total. The summed E-state index contributed by atoms with van der Waals surface area (Å²) in [6.07, 6.45) is 5.37. The van der Waals surface area contributed by atoms with Crippen molar-refractivity contribution >= 4 is 12.2 Å². The van der Waals surface area contributed by atoms with Gasteiger partial charge in [-0.25, -0.2) is 9.59 Å². The summed E-state index contributed by atoms with van der Waals surface area (Å²) in [7, 11) is 0. The van der Waals surface area contributed by atoms with E-state index in [1.54, 1.807) is 4.90 Å². The Balaban J connectivity index is 1.25. The Morgan fingerprint density at radius 1 is 1.12 bits per heavy atom. The summed E-state index contributed by atoms with van der Waals surface area (Å²) in [4.78, 5) is 29.0. The molecule has 24 heavy (non-hydrogen) atoms. The van der Waals surface area contributed by atoms with Crippen molar-refractivity contribution in [1.82, 2.24) is 14.7 Å². The number of nitrogens with zero attached hydrogens (tertiary/aromatic N) is 3. The number of hydrogen-bond donors (Lipinski definition) is 1. The number of piperidine rings is 1. The number of carbonyl (C=O) groups excluding carboxylic acids is 1. The quantitative estimate of drug-likeness (QED) is 0.832. The third-order valence-corrected chi connectivity index (χ3v) is 6.51. The number of carboxylic acid groups (broad SMARTS) is 1. The maximum atomic E-state index is 11.9. The van der Waals surface area contributed by atoms with E-state index in [0.717, 1.165) is 64.7 Å². The van der Waals surface area contributed by atoms with Crippen LogP contribution in [-0.2, 0) is 4.74 Å². The average molecular weight is 337 g/mol. The number of carbonyl (C=O) groups is 2. The molecule has 4 aliphatic rings. The Labute approximate surface area is 142 Å². The molecule has 0 radical (unpaired) electrons. The minimum Gasteiger partial charge on any atom is -0.465 e. The van der Waals surface area contributed by atoms with Crippen LogP contribution in [0.2, 0.25) is 0 Å². The lowest BCUT2D eigenvalue weighted by molar-refractivity contribution is -0.0195. The number of ether oxygens (including phenoxy) is 1. The number of likely N-dealkylation sites (tertiary alicyclic amines) is 2. The minimum absolute atomic E-state index is 0.137. The number of cyclic esters (lactones) is 1. The maximum absolute atomic E-state index is 11.9. The van der Waals surface area contributed by atoms with Gasteiger partial charge in [0.15, 0.2) is 0 Å². The van der Waals surface area contributed by atoms with Crippen molar-refractivity contribution in [3.63, 3.8) is 0 Å². The summed E-state index contributed by atoms with van der Waals surface area (Å²) in [6.45, 7) is 4.89. The second kappa shape index (κ2) is 6.10. The number of amides is 2. The smallest absolute Gasteiger partial charge is 0.410 e. The molecule has 3 heterocycles. The summed E-state index contributed by atoms with van der Waals surface area (Å²) in [5, 5.41) is 9.13. The van der Waals surface area contributed by atoms with E-state index in [2.05, 4.69) is 4.90 Å². The van der Waals surface area contributed by atoms with Gasteiger partial charge in [-0.1, -0.05) is 0 Å². The van der Waals surface area contributed by atoms with Crippen LogP contribution in [-0.4, -0.2) is 83.4 Å². The first-order valence-corrected chi connectivity index (χ1v) is 9.22. The molecule has 4 rings (SSSR count). The molecule has 0 atom stereocenters. The van der Waals surface area contributed by atoms with Gasteiger partial charge in [-0.3, -0.25) is 0 Å². The van der Waals surface area contributed by atoms with Gasteiger partial charge >= 0.3 is 12.2 Å². The summed E-state index contributed by atoms with van der Waals surface area (Å²) in [6, 6.07) is 0.935. The van der Waals surface area contributed by atoms with Gasteiger partial charge in [-0.2, -0.15) is 0 Å². The number of hydrogen-bond acceptors (Lipinski definition) is 4. The molecule has 0 unspecified atom stereocenters. The van der Waals surface area contributed by atoms with Gasteiger partial charge in [-0.15, -0.1) is 0 Å². The largest absolute Gasteiger partial charge is 0.465 e. The fraction of sp³-hybridized carbons (Fsp3) is 0.882. The lowest BCUT2D eigenvalue weighted by atomic mass is 9.64. The predicted molar refractivity (Wildman–Crippen MR) is 86.9 cm³/mol. The predicted octanol–water partition coefficient (Wildman–Crippen LogP) is 1.83. The Kier molecular flexibility index (Phi) is 4.06. The Bertz CT molecular complexity index is 512.